The van der Waals surface area contributed by atoms with Crippen LogP contribution in [0.4, 0.5) is 0 Å². The number of carbonyl (C=O) groups is 2. The highest BCUT2D eigenvalue weighted by Crippen LogP contribution is 2.40. The molecule has 37 heavy (non-hydrogen) atoms. The minimum absolute atomic E-state index is 0.0362. The molecule has 3 aromatic carbocycles. The zero-order valence-corrected chi connectivity index (χ0v) is 21.3. The Morgan fingerprint density at radius 1 is 0.973 bits per heavy atom. The number of amides is 1. The molecule has 1 aliphatic rings. The summed E-state index contributed by atoms with van der Waals surface area (Å²) >= 11 is 0. The highest BCUT2D eigenvalue weighted by molar-refractivity contribution is 6.46. The summed E-state index contributed by atoms with van der Waals surface area (Å²) in [6, 6.07) is 20.4. The zero-order valence-electron chi connectivity index (χ0n) is 21.3. The normalized spacial score (nSPS) is 17.0. The van der Waals surface area contributed by atoms with Crippen molar-refractivity contribution < 1.29 is 24.5 Å². The minimum Gasteiger partial charge on any atom is -0.508 e. The Bertz CT molecular complexity index is 1300. The molecule has 0 spiro atoms. The van der Waals surface area contributed by atoms with E-state index in [1.165, 1.54) is 17.0 Å². The van der Waals surface area contributed by atoms with Crippen LogP contribution in [0.2, 0.25) is 0 Å². The van der Waals surface area contributed by atoms with Crippen LogP contribution in [0.15, 0.2) is 78.4 Å². The van der Waals surface area contributed by atoms with Crippen molar-refractivity contribution in [2.45, 2.75) is 26.0 Å². The van der Waals surface area contributed by atoms with Crippen molar-refractivity contribution in [1.82, 2.24) is 9.80 Å². The summed E-state index contributed by atoms with van der Waals surface area (Å²) < 4.78 is 5.90. The number of likely N-dealkylation sites (tertiary alicyclic amines) is 1. The molecule has 2 N–H and O–H groups in total. The molecular weight excluding hydrogens is 468 g/mol. The summed E-state index contributed by atoms with van der Waals surface area (Å²) in [7, 11) is 3.89. The minimum atomic E-state index is -0.750. The van der Waals surface area contributed by atoms with Gasteiger partial charge in [0.1, 0.15) is 23.9 Å². The number of ketones is 1. The van der Waals surface area contributed by atoms with Crippen molar-refractivity contribution in [2.75, 3.05) is 27.2 Å². The van der Waals surface area contributed by atoms with E-state index in [0.29, 0.717) is 36.4 Å². The number of hydrogen-bond donors (Lipinski definition) is 2. The molecule has 3 aromatic rings. The summed E-state index contributed by atoms with van der Waals surface area (Å²) in [6.45, 7) is 3.54. The highest BCUT2D eigenvalue weighted by atomic mass is 16.5. The molecule has 1 aliphatic heterocycles. The lowest BCUT2D eigenvalue weighted by Gasteiger charge is -2.26. The van der Waals surface area contributed by atoms with E-state index in [1.54, 1.807) is 36.4 Å². The lowest BCUT2D eigenvalue weighted by Crippen LogP contribution is -2.32. The van der Waals surface area contributed by atoms with Gasteiger partial charge in [0.25, 0.3) is 11.7 Å². The van der Waals surface area contributed by atoms with E-state index < -0.39 is 17.7 Å². The second-order valence-electron chi connectivity index (χ2n) is 9.48. The quantitative estimate of drug-likeness (QED) is 0.253. The largest absolute Gasteiger partial charge is 0.508 e. The number of benzene rings is 3. The van der Waals surface area contributed by atoms with Gasteiger partial charge in [-0.25, -0.2) is 0 Å². The third-order valence-electron chi connectivity index (χ3n) is 6.54. The number of hydrogen-bond acceptors (Lipinski definition) is 6. The number of aliphatic hydroxyl groups is 1. The summed E-state index contributed by atoms with van der Waals surface area (Å²) in [5.41, 5.74) is 3.31. The monoisotopic (exact) mass is 500 g/mol. The third-order valence-corrected chi connectivity index (χ3v) is 6.54. The molecule has 192 valence electrons. The fraction of sp³-hybridized carbons (Fsp3) is 0.267. The van der Waals surface area contributed by atoms with Crippen LogP contribution in [0.5, 0.6) is 11.5 Å². The molecule has 1 fully saturated rings. The van der Waals surface area contributed by atoms with E-state index in [9.17, 15) is 19.8 Å². The first-order valence-electron chi connectivity index (χ1n) is 12.3. The number of Topliss-reactive ketones (excluding diaryl/α,β-unsaturated/α-hetero) is 1. The van der Waals surface area contributed by atoms with Crippen LogP contribution in [0.25, 0.3) is 5.76 Å². The van der Waals surface area contributed by atoms with Crippen molar-refractivity contribution in [3.8, 4) is 11.5 Å². The van der Waals surface area contributed by atoms with Gasteiger partial charge in [0, 0.05) is 12.1 Å². The lowest BCUT2D eigenvalue weighted by atomic mass is 9.95. The molecule has 0 aromatic heterocycles. The predicted molar refractivity (Wildman–Crippen MR) is 142 cm³/mol. The van der Waals surface area contributed by atoms with Crippen LogP contribution in [0, 0.1) is 6.92 Å². The Kier molecular flexibility index (Phi) is 7.94. The van der Waals surface area contributed by atoms with Gasteiger partial charge in [-0.1, -0.05) is 36.4 Å². The fourth-order valence-electron chi connectivity index (χ4n) is 4.47. The van der Waals surface area contributed by atoms with Gasteiger partial charge in [-0.3, -0.25) is 9.59 Å². The third kappa shape index (κ3) is 5.84. The van der Waals surface area contributed by atoms with Crippen LogP contribution < -0.4 is 4.74 Å². The zero-order chi connectivity index (χ0) is 26.5. The van der Waals surface area contributed by atoms with Crippen LogP contribution in [0.1, 0.15) is 34.7 Å². The maximum absolute atomic E-state index is 13.1. The second kappa shape index (κ2) is 11.3. The average Bonchev–Trinajstić information content (AvgIpc) is 3.13. The molecule has 1 amide bonds. The van der Waals surface area contributed by atoms with Gasteiger partial charge in [-0.05, 0) is 87.1 Å². The maximum atomic E-state index is 13.1. The number of phenolic OH excluding ortho intramolecular Hbond substituents is 1. The number of aliphatic hydroxyl groups excluding tert-OH is 1. The average molecular weight is 501 g/mol. The number of aromatic hydroxyl groups is 1. The van der Waals surface area contributed by atoms with Crippen molar-refractivity contribution in [3.63, 3.8) is 0 Å². The molecule has 0 aliphatic carbocycles. The van der Waals surface area contributed by atoms with Gasteiger partial charge >= 0.3 is 0 Å². The molecular formula is C30H32N2O5. The number of phenols is 1. The smallest absolute Gasteiger partial charge is 0.295 e. The van der Waals surface area contributed by atoms with E-state index in [0.717, 1.165) is 17.7 Å². The molecule has 1 atom stereocenters. The Morgan fingerprint density at radius 2 is 1.65 bits per heavy atom. The number of rotatable bonds is 9. The first kappa shape index (κ1) is 26.0. The van der Waals surface area contributed by atoms with Crippen molar-refractivity contribution >= 4 is 17.4 Å². The van der Waals surface area contributed by atoms with E-state index in [1.807, 2.05) is 50.2 Å². The van der Waals surface area contributed by atoms with Crippen molar-refractivity contribution in [1.29, 1.82) is 0 Å². The number of nitrogens with zero attached hydrogens (tertiary/aromatic N) is 2. The maximum Gasteiger partial charge on any atom is 0.295 e. The Balaban J connectivity index is 1.63. The first-order valence-corrected chi connectivity index (χ1v) is 12.3. The van der Waals surface area contributed by atoms with Gasteiger partial charge in [0.05, 0.1) is 11.6 Å². The van der Waals surface area contributed by atoms with E-state index in [2.05, 4.69) is 0 Å². The standard InChI is InChI=1S/C30H32N2O5/c1-20-7-4-5-8-23(20)19-37-25-15-11-22(12-16-25)28(34)26-27(21-9-13-24(33)14-10-21)32(30(36)29(26)35)18-6-17-31(2)3/h4-5,7-16,27,33-34H,6,17-19H2,1-3H3/t27-/m0/s1. The molecule has 7 heteroatoms. The summed E-state index contributed by atoms with van der Waals surface area (Å²) in [5.74, 6) is -0.900. The van der Waals surface area contributed by atoms with Gasteiger partial charge in [0.2, 0.25) is 0 Å². The number of ether oxygens (including phenoxy) is 1. The van der Waals surface area contributed by atoms with Gasteiger partial charge < -0.3 is 24.7 Å². The lowest BCUT2D eigenvalue weighted by molar-refractivity contribution is -0.139. The molecule has 7 nitrogen and oxygen atoms in total. The highest BCUT2D eigenvalue weighted by Gasteiger charge is 2.45. The first-order chi connectivity index (χ1) is 17.8. The number of carbonyl (C=O) groups excluding carboxylic acids is 2. The van der Waals surface area contributed by atoms with Crippen molar-refractivity contribution in [3.05, 3.63) is 101 Å². The molecule has 4 rings (SSSR count). The number of aryl methyl sites for hydroxylation is 1. The van der Waals surface area contributed by atoms with Gasteiger partial charge in [-0.15, -0.1) is 0 Å². The Morgan fingerprint density at radius 3 is 2.30 bits per heavy atom. The Hall–Kier alpha value is -4.10. The van der Waals surface area contributed by atoms with Crippen LogP contribution in [0.3, 0.4) is 0 Å². The summed E-state index contributed by atoms with van der Waals surface area (Å²) in [4.78, 5) is 29.7. The second-order valence-corrected chi connectivity index (χ2v) is 9.48. The van der Waals surface area contributed by atoms with Crippen LogP contribution in [-0.4, -0.2) is 58.9 Å². The van der Waals surface area contributed by atoms with E-state index in [4.69, 9.17) is 4.74 Å². The van der Waals surface area contributed by atoms with E-state index in [-0.39, 0.29) is 17.1 Å². The van der Waals surface area contributed by atoms with Gasteiger partial charge in [-0.2, -0.15) is 0 Å². The predicted octanol–water partition coefficient (Wildman–Crippen LogP) is 4.65. The molecule has 0 unspecified atom stereocenters. The molecule has 0 radical (unpaired) electrons. The molecule has 0 saturated carbocycles. The SMILES string of the molecule is Cc1ccccc1COc1ccc(C(O)=C2C(=O)C(=O)N(CCCN(C)C)[C@H]2c2ccc(O)cc2)cc1. The Labute approximate surface area is 217 Å². The van der Waals surface area contributed by atoms with Crippen LogP contribution >= 0.6 is 0 Å². The van der Waals surface area contributed by atoms with Crippen molar-refractivity contribution in [2.24, 2.45) is 0 Å². The summed E-state index contributed by atoms with van der Waals surface area (Å²) in [6.07, 6.45) is 0.668. The topological polar surface area (TPSA) is 90.3 Å². The fourth-order valence-corrected chi connectivity index (χ4v) is 4.47. The van der Waals surface area contributed by atoms with Crippen LogP contribution in [-0.2, 0) is 16.2 Å². The molecule has 1 heterocycles. The van der Waals surface area contributed by atoms with Gasteiger partial charge in [0.15, 0.2) is 0 Å². The molecule has 0 bridgehead atoms. The van der Waals surface area contributed by atoms with E-state index >= 15 is 0 Å². The summed E-state index contributed by atoms with van der Waals surface area (Å²) in [5, 5.41) is 21.0. The molecule has 1 saturated heterocycles.